The number of aromatic nitrogens is 3. The average molecular weight is 465 g/mol. The second-order valence-corrected chi connectivity index (χ2v) is 8.51. The molecule has 0 saturated carbocycles. The SMILES string of the molecule is CC(NC(=O)C(C(C)C)n1cnc2cc(F)c(F)cc21)c1cccc(OCc2ccccn2)c1. The molecule has 2 aromatic heterocycles. The van der Waals surface area contributed by atoms with Crippen LogP contribution < -0.4 is 10.1 Å². The van der Waals surface area contributed by atoms with Crippen LogP contribution in [0.5, 0.6) is 5.75 Å². The molecule has 8 heteroatoms. The van der Waals surface area contributed by atoms with Gasteiger partial charge in [-0.1, -0.05) is 32.0 Å². The lowest BCUT2D eigenvalue weighted by molar-refractivity contribution is -0.126. The van der Waals surface area contributed by atoms with Crippen molar-refractivity contribution >= 4 is 16.9 Å². The van der Waals surface area contributed by atoms with Crippen LogP contribution in [-0.2, 0) is 11.4 Å². The number of carbonyl (C=O) groups excluding carboxylic acids is 1. The van der Waals surface area contributed by atoms with Gasteiger partial charge in [-0.25, -0.2) is 13.8 Å². The number of pyridine rings is 1. The minimum atomic E-state index is -0.979. The van der Waals surface area contributed by atoms with E-state index in [1.165, 1.54) is 6.33 Å². The third kappa shape index (κ3) is 5.06. The Balaban J connectivity index is 1.50. The van der Waals surface area contributed by atoms with Crippen LogP contribution in [0.1, 0.15) is 44.1 Å². The highest BCUT2D eigenvalue weighted by Crippen LogP contribution is 2.27. The number of nitrogens with one attached hydrogen (secondary N) is 1. The van der Waals surface area contributed by atoms with Gasteiger partial charge < -0.3 is 14.6 Å². The Morgan fingerprint density at radius 3 is 2.56 bits per heavy atom. The summed E-state index contributed by atoms with van der Waals surface area (Å²) < 4.78 is 34.9. The number of carbonyl (C=O) groups is 1. The Hall–Kier alpha value is -3.81. The number of imidazole rings is 1. The molecule has 0 fully saturated rings. The molecule has 2 unspecified atom stereocenters. The molecule has 2 atom stereocenters. The first kappa shape index (κ1) is 23.4. The van der Waals surface area contributed by atoms with E-state index in [2.05, 4.69) is 15.3 Å². The molecule has 0 spiro atoms. The van der Waals surface area contributed by atoms with Gasteiger partial charge in [-0.05, 0) is 42.7 Å². The van der Waals surface area contributed by atoms with Crippen molar-refractivity contribution < 1.29 is 18.3 Å². The summed E-state index contributed by atoms with van der Waals surface area (Å²) in [4.78, 5) is 21.7. The average Bonchev–Trinajstić information content (AvgIpc) is 3.20. The number of benzene rings is 2. The first-order chi connectivity index (χ1) is 16.3. The van der Waals surface area contributed by atoms with E-state index < -0.39 is 17.7 Å². The Morgan fingerprint density at radius 2 is 1.82 bits per heavy atom. The molecule has 1 N–H and O–H groups in total. The highest BCUT2D eigenvalue weighted by atomic mass is 19.2. The van der Waals surface area contributed by atoms with Crippen molar-refractivity contribution in [2.45, 2.75) is 39.5 Å². The number of rotatable bonds is 8. The van der Waals surface area contributed by atoms with Crippen LogP contribution in [0.3, 0.4) is 0 Å². The van der Waals surface area contributed by atoms with Gasteiger partial charge in [-0.15, -0.1) is 0 Å². The predicted octanol–water partition coefficient (Wildman–Crippen LogP) is 5.36. The summed E-state index contributed by atoms with van der Waals surface area (Å²) in [5, 5.41) is 3.03. The van der Waals surface area contributed by atoms with Gasteiger partial charge in [0.1, 0.15) is 18.4 Å². The van der Waals surface area contributed by atoms with Crippen LogP contribution in [0.2, 0.25) is 0 Å². The molecule has 6 nitrogen and oxygen atoms in total. The van der Waals surface area contributed by atoms with E-state index in [4.69, 9.17) is 4.74 Å². The van der Waals surface area contributed by atoms with Crippen LogP contribution >= 0.6 is 0 Å². The van der Waals surface area contributed by atoms with E-state index in [1.54, 1.807) is 10.8 Å². The van der Waals surface area contributed by atoms with E-state index in [-0.39, 0.29) is 17.9 Å². The fraction of sp³-hybridized carbons (Fsp3) is 0.269. The molecule has 0 saturated heterocycles. The van der Waals surface area contributed by atoms with Gasteiger partial charge in [0.05, 0.1) is 29.1 Å². The fourth-order valence-corrected chi connectivity index (χ4v) is 3.89. The van der Waals surface area contributed by atoms with E-state index >= 15 is 0 Å². The van der Waals surface area contributed by atoms with Gasteiger partial charge in [0, 0.05) is 18.3 Å². The summed E-state index contributed by atoms with van der Waals surface area (Å²) in [6.07, 6.45) is 3.16. The molecule has 0 radical (unpaired) electrons. The number of ether oxygens (including phenoxy) is 1. The van der Waals surface area contributed by atoms with Crippen molar-refractivity contribution in [3.05, 3.63) is 90.0 Å². The number of nitrogens with zero attached hydrogens (tertiary/aromatic N) is 3. The molecule has 1 amide bonds. The maximum absolute atomic E-state index is 13.9. The Kier molecular flexibility index (Phi) is 6.86. The number of fused-ring (bicyclic) bond motifs is 1. The van der Waals surface area contributed by atoms with E-state index in [9.17, 15) is 13.6 Å². The van der Waals surface area contributed by atoms with Crippen molar-refractivity contribution in [3.8, 4) is 5.75 Å². The van der Waals surface area contributed by atoms with Crippen molar-refractivity contribution in [2.24, 2.45) is 5.92 Å². The van der Waals surface area contributed by atoms with Gasteiger partial charge in [0.2, 0.25) is 5.91 Å². The quantitative estimate of drug-likeness (QED) is 0.381. The minimum absolute atomic E-state index is 0.120. The standard InChI is InChI=1S/C26H26F2N4O2/c1-16(2)25(32-15-30-23-12-21(27)22(28)13-24(23)32)26(33)31-17(3)18-7-6-9-20(11-18)34-14-19-8-4-5-10-29-19/h4-13,15-17,25H,14H2,1-3H3,(H,31,33). The van der Waals surface area contributed by atoms with Gasteiger partial charge in [0.15, 0.2) is 11.6 Å². The Bertz CT molecular complexity index is 1290. The highest BCUT2D eigenvalue weighted by Gasteiger charge is 2.27. The van der Waals surface area contributed by atoms with Gasteiger partial charge in [0.25, 0.3) is 0 Å². The van der Waals surface area contributed by atoms with E-state index in [1.807, 2.05) is 63.2 Å². The fourth-order valence-electron chi connectivity index (χ4n) is 3.89. The lowest BCUT2D eigenvalue weighted by atomic mass is 10.0. The number of hydrogen-bond donors (Lipinski definition) is 1. The Morgan fingerprint density at radius 1 is 1.03 bits per heavy atom. The normalized spacial score (nSPS) is 13.1. The summed E-state index contributed by atoms with van der Waals surface area (Å²) >= 11 is 0. The maximum Gasteiger partial charge on any atom is 0.243 e. The molecule has 0 aliphatic rings. The summed E-state index contributed by atoms with van der Waals surface area (Å²) in [5.41, 5.74) is 2.35. The van der Waals surface area contributed by atoms with Gasteiger partial charge in [-0.2, -0.15) is 0 Å². The second kappa shape index (κ2) is 9.99. The first-order valence-electron chi connectivity index (χ1n) is 11.1. The molecular weight excluding hydrogens is 438 g/mol. The summed E-state index contributed by atoms with van der Waals surface area (Å²) in [7, 11) is 0. The van der Waals surface area contributed by atoms with E-state index in [0.717, 1.165) is 23.4 Å². The maximum atomic E-state index is 13.9. The third-order valence-corrected chi connectivity index (χ3v) is 5.65. The van der Waals surface area contributed by atoms with Crippen molar-refractivity contribution in [1.82, 2.24) is 19.9 Å². The monoisotopic (exact) mass is 464 g/mol. The zero-order chi connectivity index (χ0) is 24.2. The second-order valence-electron chi connectivity index (χ2n) is 8.51. The Labute approximate surface area is 196 Å². The predicted molar refractivity (Wildman–Crippen MR) is 125 cm³/mol. The van der Waals surface area contributed by atoms with Crippen molar-refractivity contribution in [2.75, 3.05) is 0 Å². The summed E-state index contributed by atoms with van der Waals surface area (Å²) in [5.74, 6) is -1.64. The van der Waals surface area contributed by atoms with Crippen LogP contribution in [0.25, 0.3) is 11.0 Å². The number of halogens is 2. The molecular formula is C26H26F2N4O2. The highest BCUT2D eigenvalue weighted by molar-refractivity contribution is 5.84. The summed E-state index contributed by atoms with van der Waals surface area (Å²) in [6, 6.07) is 14.3. The van der Waals surface area contributed by atoms with Gasteiger partial charge in [-0.3, -0.25) is 9.78 Å². The molecule has 2 heterocycles. The molecule has 4 rings (SSSR count). The first-order valence-corrected chi connectivity index (χ1v) is 11.1. The molecule has 2 aromatic carbocycles. The van der Waals surface area contributed by atoms with Crippen LogP contribution in [0, 0.1) is 17.6 Å². The number of amides is 1. The molecule has 0 aliphatic heterocycles. The molecule has 0 aliphatic carbocycles. The minimum Gasteiger partial charge on any atom is -0.487 e. The van der Waals surface area contributed by atoms with Gasteiger partial charge >= 0.3 is 0 Å². The molecule has 4 aromatic rings. The third-order valence-electron chi connectivity index (χ3n) is 5.65. The van der Waals surface area contributed by atoms with Crippen molar-refractivity contribution in [1.29, 1.82) is 0 Å². The largest absolute Gasteiger partial charge is 0.487 e. The van der Waals surface area contributed by atoms with Crippen LogP contribution in [0.15, 0.2) is 67.1 Å². The van der Waals surface area contributed by atoms with Crippen LogP contribution in [0.4, 0.5) is 8.78 Å². The zero-order valence-electron chi connectivity index (χ0n) is 19.2. The lowest BCUT2D eigenvalue weighted by Gasteiger charge is -2.25. The molecule has 0 bridgehead atoms. The summed E-state index contributed by atoms with van der Waals surface area (Å²) in [6.45, 7) is 6.01. The van der Waals surface area contributed by atoms with Crippen LogP contribution in [-0.4, -0.2) is 20.4 Å². The molecule has 176 valence electrons. The zero-order valence-corrected chi connectivity index (χ0v) is 19.2. The smallest absolute Gasteiger partial charge is 0.243 e. The van der Waals surface area contributed by atoms with E-state index in [0.29, 0.717) is 23.4 Å². The number of hydrogen-bond acceptors (Lipinski definition) is 4. The van der Waals surface area contributed by atoms with Crippen molar-refractivity contribution in [3.63, 3.8) is 0 Å². The lowest BCUT2D eigenvalue weighted by Crippen LogP contribution is -2.36. The molecule has 34 heavy (non-hydrogen) atoms. The topological polar surface area (TPSA) is 69.0 Å².